The summed E-state index contributed by atoms with van der Waals surface area (Å²) in [5.41, 5.74) is 4.96. The van der Waals surface area contributed by atoms with E-state index in [0.29, 0.717) is 12.2 Å². The zero-order valence-electron chi connectivity index (χ0n) is 26.6. The molecule has 1 N–H and O–H groups in total. The highest BCUT2D eigenvalue weighted by Gasteiger charge is 2.34. The van der Waals surface area contributed by atoms with Crippen molar-refractivity contribution in [1.29, 1.82) is 0 Å². The first-order chi connectivity index (χ1) is 21.6. The van der Waals surface area contributed by atoms with Crippen LogP contribution in [0.1, 0.15) is 47.6 Å². The highest BCUT2D eigenvalue weighted by atomic mass is 32.2. The summed E-state index contributed by atoms with van der Waals surface area (Å²) in [5.74, 6) is -0.738. The Hall–Kier alpha value is -4.43. The Morgan fingerprint density at radius 3 is 1.96 bits per heavy atom. The fraction of sp³-hybridized carbons (Fsp3) is 0.297. The van der Waals surface area contributed by atoms with Gasteiger partial charge in [0, 0.05) is 19.5 Å². The fourth-order valence-electron chi connectivity index (χ4n) is 5.29. The van der Waals surface area contributed by atoms with Gasteiger partial charge >= 0.3 is 0 Å². The molecule has 8 heteroatoms. The minimum absolute atomic E-state index is 0.0835. The maximum Gasteiger partial charge on any atom is 0.264 e. The quantitative estimate of drug-likeness (QED) is 0.165. The second kappa shape index (κ2) is 15.5. The molecule has 236 valence electrons. The smallest absolute Gasteiger partial charge is 0.264 e. The SMILES string of the molecule is CCCCNC(=O)[C@H](Cc1ccccc1)N(Cc1ccc(C)cc1)C(=O)CN(c1cc(C)cc(C)c1)S(=O)(=O)c1ccccc1. The van der Waals surface area contributed by atoms with Crippen LogP contribution < -0.4 is 9.62 Å². The molecule has 0 aromatic heterocycles. The molecule has 0 saturated carbocycles. The molecule has 0 aliphatic rings. The first-order valence-electron chi connectivity index (χ1n) is 15.4. The van der Waals surface area contributed by atoms with Crippen molar-refractivity contribution < 1.29 is 18.0 Å². The Bertz CT molecular complexity index is 1650. The first-order valence-corrected chi connectivity index (χ1v) is 16.8. The van der Waals surface area contributed by atoms with E-state index in [4.69, 9.17) is 0 Å². The predicted octanol–water partition coefficient (Wildman–Crippen LogP) is 6.36. The monoisotopic (exact) mass is 625 g/mol. The lowest BCUT2D eigenvalue weighted by atomic mass is 10.0. The molecule has 4 rings (SSSR count). The summed E-state index contributed by atoms with van der Waals surface area (Å²) in [5, 5.41) is 3.03. The zero-order valence-corrected chi connectivity index (χ0v) is 27.4. The van der Waals surface area contributed by atoms with Gasteiger partial charge in [-0.2, -0.15) is 0 Å². The van der Waals surface area contributed by atoms with Crippen LogP contribution in [-0.2, 0) is 32.6 Å². The van der Waals surface area contributed by atoms with E-state index in [0.717, 1.165) is 40.7 Å². The molecule has 0 saturated heterocycles. The molecular formula is C37H43N3O4S. The topological polar surface area (TPSA) is 86.8 Å². The summed E-state index contributed by atoms with van der Waals surface area (Å²) in [6.45, 7) is 7.99. The van der Waals surface area contributed by atoms with E-state index >= 15 is 0 Å². The molecule has 2 amide bonds. The van der Waals surface area contributed by atoms with Gasteiger partial charge in [-0.3, -0.25) is 13.9 Å². The van der Waals surface area contributed by atoms with Crippen LogP contribution in [0.25, 0.3) is 0 Å². The third kappa shape index (κ3) is 9.05. The van der Waals surface area contributed by atoms with Crippen LogP contribution in [0.4, 0.5) is 5.69 Å². The van der Waals surface area contributed by atoms with Gasteiger partial charge in [-0.05, 0) is 73.7 Å². The van der Waals surface area contributed by atoms with E-state index < -0.39 is 28.5 Å². The molecular weight excluding hydrogens is 582 g/mol. The largest absolute Gasteiger partial charge is 0.354 e. The van der Waals surface area contributed by atoms with Crippen LogP contribution >= 0.6 is 0 Å². The van der Waals surface area contributed by atoms with E-state index in [1.165, 1.54) is 21.3 Å². The molecule has 0 spiro atoms. The number of aryl methyl sites for hydroxylation is 3. The molecule has 1 atom stereocenters. The summed E-state index contributed by atoms with van der Waals surface area (Å²) in [6, 6.07) is 30.1. The molecule has 4 aromatic rings. The van der Waals surface area contributed by atoms with Crippen molar-refractivity contribution >= 4 is 27.5 Å². The van der Waals surface area contributed by atoms with Crippen molar-refractivity contribution in [3.63, 3.8) is 0 Å². The van der Waals surface area contributed by atoms with Gasteiger partial charge in [0.15, 0.2) is 0 Å². The van der Waals surface area contributed by atoms with Gasteiger partial charge in [-0.1, -0.05) is 97.8 Å². The number of anilines is 1. The van der Waals surface area contributed by atoms with Crippen LogP contribution in [-0.4, -0.2) is 44.3 Å². The van der Waals surface area contributed by atoms with Gasteiger partial charge in [-0.25, -0.2) is 8.42 Å². The Kier molecular flexibility index (Phi) is 11.5. The fourth-order valence-corrected chi connectivity index (χ4v) is 6.71. The second-order valence-electron chi connectivity index (χ2n) is 11.5. The zero-order chi connectivity index (χ0) is 32.4. The lowest BCUT2D eigenvalue weighted by Crippen LogP contribution is -2.53. The van der Waals surface area contributed by atoms with E-state index in [1.807, 2.05) is 81.4 Å². The van der Waals surface area contributed by atoms with Crippen LogP contribution in [0.3, 0.4) is 0 Å². The van der Waals surface area contributed by atoms with Crippen molar-refractivity contribution in [2.45, 2.75) is 64.4 Å². The van der Waals surface area contributed by atoms with Crippen molar-refractivity contribution in [2.24, 2.45) is 0 Å². The Labute approximate surface area is 268 Å². The van der Waals surface area contributed by atoms with Gasteiger partial charge in [0.1, 0.15) is 12.6 Å². The lowest BCUT2D eigenvalue weighted by Gasteiger charge is -2.34. The minimum atomic E-state index is -4.13. The third-order valence-electron chi connectivity index (χ3n) is 7.68. The van der Waals surface area contributed by atoms with E-state index in [-0.39, 0.29) is 23.8 Å². The summed E-state index contributed by atoms with van der Waals surface area (Å²) in [7, 11) is -4.13. The Morgan fingerprint density at radius 1 is 0.756 bits per heavy atom. The van der Waals surface area contributed by atoms with Gasteiger partial charge in [-0.15, -0.1) is 0 Å². The molecule has 0 aliphatic carbocycles. The highest BCUT2D eigenvalue weighted by Crippen LogP contribution is 2.27. The third-order valence-corrected chi connectivity index (χ3v) is 9.47. The Balaban J connectivity index is 1.80. The van der Waals surface area contributed by atoms with Gasteiger partial charge in [0.05, 0.1) is 10.6 Å². The normalized spacial score (nSPS) is 11.9. The number of nitrogens with zero attached hydrogens (tertiary/aromatic N) is 2. The molecule has 4 aromatic carbocycles. The average molecular weight is 626 g/mol. The summed E-state index contributed by atoms with van der Waals surface area (Å²) in [4.78, 5) is 30.0. The molecule has 0 aliphatic heterocycles. The maximum absolute atomic E-state index is 14.6. The Morgan fingerprint density at radius 2 is 1.36 bits per heavy atom. The second-order valence-corrected chi connectivity index (χ2v) is 13.4. The number of unbranched alkanes of at least 4 members (excludes halogenated alkanes) is 1. The van der Waals surface area contributed by atoms with Crippen LogP contribution in [0.5, 0.6) is 0 Å². The summed E-state index contributed by atoms with van der Waals surface area (Å²) >= 11 is 0. The van der Waals surface area contributed by atoms with Gasteiger partial charge in [0.2, 0.25) is 11.8 Å². The summed E-state index contributed by atoms with van der Waals surface area (Å²) in [6.07, 6.45) is 2.01. The van der Waals surface area contributed by atoms with E-state index in [2.05, 4.69) is 12.2 Å². The number of rotatable bonds is 14. The van der Waals surface area contributed by atoms with Crippen molar-refractivity contribution in [3.05, 3.63) is 131 Å². The molecule has 0 unspecified atom stereocenters. The molecule has 0 fully saturated rings. The number of sulfonamides is 1. The van der Waals surface area contributed by atoms with Gasteiger partial charge in [0.25, 0.3) is 10.0 Å². The van der Waals surface area contributed by atoms with E-state index in [9.17, 15) is 18.0 Å². The van der Waals surface area contributed by atoms with Gasteiger partial charge < -0.3 is 10.2 Å². The average Bonchev–Trinajstić information content (AvgIpc) is 3.02. The molecule has 7 nitrogen and oxygen atoms in total. The number of carbonyl (C=O) groups is 2. The first kappa shape index (κ1) is 33.5. The van der Waals surface area contributed by atoms with Crippen LogP contribution in [0, 0.1) is 20.8 Å². The molecule has 45 heavy (non-hydrogen) atoms. The number of amides is 2. The standard InChI is InChI=1S/C37H43N3O4S/c1-5-6-21-38-37(42)35(25-31-13-9-7-10-14-31)39(26-32-19-17-28(2)18-20-32)36(41)27-40(33-23-29(3)22-30(4)24-33)45(43,44)34-15-11-8-12-16-34/h7-20,22-24,35H,5-6,21,25-27H2,1-4H3,(H,38,42)/t35-/m0/s1. The van der Waals surface area contributed by atoms with E-state index in [1.54, 1.807) is 30.3 Å². The molecule has 0 bridgehead atoms. The number of carbonyl (C=O) groups excluding carboxylic acids is 2. The summed E-state index contributed by atoms with van der Waals surface area (Å²) < 4.78 is 29.5. The number of benzene rings is 4. The van der Waals surface area contributed by atoms with Crippen LogP contribution in [0.2, 0.25) is 0 Å². The minimum Gasteiger partial charge on any atom is -0.354 e. The predicted molar refractivity (Wildman–Crippen MR) is 180 cm³/mol. The molecule has 0 radical (unpaired) electrons. The van der Waals surface area contributed by atoms with Crippen molar-refractivity contribution in [3.8, 4) is 0 Å². The lowest BCUT2D eigenvalue weighted by molar-refractivity contribution is -0.140. The van der Waals surface area contributed by atoms with Crippen molar-refractivity contribution in [2.75, 3.05) is 17.4 Å². The highest BCUT2D eigenvalue weighted by molar-refractivity contribution is 7.92. The number of nitrogens with one attached hydrogen (secondary N) is 1. The number of hydrogen-bond donors (Lipinski definition) is 1. The van der Waals surface area contributed by atoms with Crippen molar-refractivity contribution in [1.82, 2.24) is 10.2 Å². The van der Waals surface area contributed by atoms with Crippen LogP contribution in [0.15, 0.2) is 108 Å². The molecule has 0 heterocycles. The number of hydrogen-bond acceptors (Lipinski definition) is 4. The maximum atomic E-state index is 14.6.